The minimum Gasteiger partial charge on any atom is -0.496 e. The van der Waals surface area contributed by atoms with E-state index in [1.54, 1.807) is 7.11 Å². The number of ether oxygens (including phenoxy) is 1. The summed E-state index contributed by atoms with van der Waals surface area (Å²) in [4.78, 5) is 6.96. The average molecular weight is 443 g/mol. The van der Waals surface area contributed by atoms with E-state index in [-0.39, 0.29) is 24.0 Å². The first kappa shape index (κ1) is 19.3. The van der Waals surface area contributed by atoms with E-state index in [4.69, 9.17) is 4.74 Å². The molecule has 0 bridgehead atoms. The Labute approximate surface area is 163 Å². The molecule has 1 aliphatic carbocycles. The number of likely N-dealkylation sites (tertiary alicyclic amines) is 1. The van der Waals surface area contributed by atoms with Crippen LogP contribution in [0.3, 0.4) is 0 Å². The van der Waals surface area contributed by atoms with Crippen LogP contribution in [0.15, 0.2) is 29.3 Å². The van der Waals surface area contributed by atoms with Gasteiger partial charge in [-0.2, -0.15) is 0 Å². The van der Waals surface area contributed by atoms with Gasteiger partial charge in [0.15, 0.2) is 5.96 Å². The number of hydrogen-bond donors (Lipinski definition) is 1. The van der Waals surface area contributed by atoms with Gasteiger partial charge in [-0.25, -0.2) is 0 Å². The van der Waals surface area contributed by atoms with Gasteiger partial charge in [-0.15, -0.1) is 24.0 Å². The van der Waals surface area contributed by atoms with Crippen molar-refractivity contribution in [2.45, 2.75) is 32.1 Å². The van der Waals surface area contributed by atoms with Gasteiger partial charge >= 0.3 is 0 Å². The summed E-state index contributed by atoms with van der Waals surface area (Å²) >= 11 is 0. The van der Waals surface area contributed by atoms with E-state index in [1.165, 1.54) is 44.3 Å². The first-order chi connectivity index (χ1) is 11.3. The number of para-hydroxylation sites is 1. The standard InChI is InChI=1S/C19H29N3O.HI/c1-20-19(22-13-16-8-3-4-9-17(16)14-22)21-12-11-15-7-5-6-10-18(15)23-2;/h5-7,10,16-17H,3-4,8-9,11-14H2,1-2H3,(H,20,21);1H. The quantitative estimate of drug-likeness (QED) is 0.440. The topological polar surface area (TPSA) is 36.9 Å². The predicted molar refractivity (Wildman–Crippen MR) is 110 cm³/mol. The third-order valence-corrected chi connectivity index (χ3v) is 5.36. The van der Waals surface area contributed by atoms with Gasteiger partial charge in [0, 0.05) is 26.7 Å². The van der Waals surface area contributed by atoms with Gasteiger partial charge < -0.3 is 15.0 Å². The SMILES string of the molecule is CN=C(NCCc1ccccc1OC)N1CC2CCCCC2C1.I. The molecule has 1 heterocycles. The molecule has 0 amide bonds. The second-order valence-electron chi connectivity index (χ2n) is 6.75. The number of benzene rings is 1. The number of hydrogen-bond acceptors (Lipinski definition) is 2. The minimum absolute atomic E-state index is 0. The van der Waals surface area contributed by atoms with E-state index in [9.17, 15) is 0 Å². The fourth-order valence-electron chi connectivity index (χ4n) is 4.13. The zero-order valence-corrected chi connectivity index (χ0v) is 17.2. The van der Waals surface area contributed by atoms with Crippen LogP contribution < -0.4 is 10.1 Å². The summed E-state index contributed by atoms with van der Waals surface area (Å²) in [5.74, 6) is 3.80. The highest BCUT2D eigenvalue weighted by atomic mass is 127. The largest absolute Gasteiger partial charge is 0.496 e. The highest BCUT2D eigenvalue weighted by Crippen LogP contribution is 2.35. The maximum atomic E-state index is 5.42. The van der Waals surface area contributed by atoms with Crippen LogP contribution >= 0.6 is 24.0 Å². The monoisotopic (exact) mass is 443 g/mol. The minimum atomic E-state index is 0. The average Bonchev–Trinajstić information content (AvgIpc) is 3.03. The molecule has 2 atom stereocenters. The van der Waals surface area contributed by atoms with Gasteiger partial charge in [-0.1, -0.05) is 31.0 Å². The molecule has 1 aromatic carbocycles. The van der Waals surface area contributed by atoms with E-state index >= 15 is 0 Å². The van der Waals surface area contributed by atoms with Crippen LogP contribution in [0.25, 0.3) is 0 Å². The lowest BCUT2D eigenvalue weighted by Crippen LogP contribution is -2.41. The Bertz CT molecular complexity index is 535. The molecule has 1 aromatic rings. The number of nitrogens with zero attached hydrogens (tertiary/aromatic N) is 2. The summed E-state index contributed by atoms with van der Waals surface area (Å²) in [6.07, 6.45) is 6.58. The number of fused-ring (bicyclic) bond motifs is 1. The Morgan fingerprint density at radius 1 is 1.21 bits per heavy atom. The van der Waals surface area contributed by atoms with Crippen molar-refractivity contribution in [3.8, 4) is 5.75 Å². The molecule has 2 fully saturated rings. The number of rotatable bonds is 4. The number of halogens is 1. The first-order valence-corrected chi connectivity index (χ1v) is 8.89. The van der Waals surface area contributed by atoms with Gasteiger partial charge in [0.1, 0.15) is 5.75 Å². The highest BCUT2D eigenvalue weighted by molar-refractivity contribution is 14.0. The van der Waals surface area contributed by atoms with Crippen molar-refractivity contribution in [2.75, 3.05) is 33.8 Å². The second kappa shape index (κ2) is 9.49. The van der Waals surface area contributed by atoms with Crippen LogP contribution in [0, 0.1) is 11.8 Å². The number of methoxy groups -OCH3 is 1. The van der Waals surface area contributed by atoms with Crippen molar-refractivity contribution in [3.05, 3.63) is 29.8 Å². The van der Waals surface area contributed by atoms with Gasteiger partial charge in [-0.3, -0.25) is 4.99 Å². The summed E-state index contributed by atoms with van der Waals surface area (Å²) in [6, 6.07) is 8.24. The highest BCUT2D eigenvalue weighted by Gasteiger charge is 2.35. The number of nitrogens with one attached hydrogen (secondary N) is 1. The molecular formula is C19H30IN3O. The molecule has 1 saturated carbocycles. The molecule has 1 saturated heterocycles. The fourth-order valence-corrected chi connectivity index (χ4v) is 4.13. The molecule has 4 nitrogen and oxygen atoms in total. The third-order valence-electron chi connectivity index (χ3n) is 5.36. The smallest absolute Gasteiger partial charge is 0.193 e. The number of aliphatic imine (C=N–C) groups is 1. The fraction of sp³-hybridized carbons (Fsp3) is 0.632. The Morgan fingerprint density at radius 3 is 2.50 bits per heavy atom. The molecule has 0 radical (unpaired) electrons. The lowest BCUT2D eigenvalue weighted by Gasteiger charge is -2.22. The molecule has 0 aromatic heterocycles. The van der Waals surface area contributed by atoms with Crippen molar-refractivity contribution < 1.29 is 4.74 Å². The molecular weight excluding hydrogens is 413 g/mol. The van der Waals surface area contributed by atoms with Crippen LogP contribution in [0.2, 0.25) is 0 Å². The zero-order chi connectivity index (χ0) is 16.1. The molecule has 1 aliphatic heterocycles. The van der Waals surface area contributed by atoms with Crippen molar-refractivity contribution in [1.29, 1.82) is 0 Å². The summed E-state index contributed by atoms with van der Waals surface area (Å²) in [7, 11) is 3.63. The summed E-state index contributed by atoms with van der Waals surface area (Å²) in [6.45, 7) is 3.25. The van der Waals surface area contributed by atoms with E-state index in [0.717, 1.165) is 36.5 Å². The summed E-state index contributed by atoms with van der Waals surface area (Å²) in [5, 5.41) is 3.54. The summed E-state index contributed by atoms with van der Waals surface area (Å²) < 4.78 is 5.42. The van der Waals surface area contributed by atoms with Gasteiger partial charge in [0.05, 0.1) is 7.11 Å². The molecule has 1 N–H and O–H groups in total. The van der Waals surface area contributed by atoms with Crippen LogP contribution in [-0.4, -0.2) is 44.7 Å². The van der Waals surface area contributed by atoms with Crippen LogP contribution in [0.1, 0.15) is 31.2 Å². The van der Waals surface area contributed by atoms with E-state index in [1.807, 2.05) is 19.2 Å². The van der Waals surface area contributed by atoms with Gasteiger partial charge in [0.25, 0.3) is 0 Å². The van der Waals surface area contributed by atoms with Crippen LogP contribution in [-0.2, 0) is 6.42 Å². The molecule has 0 spiro atoms. The molecule has 3 rings (SSSR count). The lowest BCUT2D eigenvalue weighted by atomic mass is 9.82. The zero-order valence-electron chi connectivity index (χ0n) is 14.8. The molecule has 134 valence electrons. The van der Waals surface area contributed by atoms with Crippen molar-refractivity contribution in [2.24, 2.45) is 16.8 Å². The predicted octanol–water partition coefficient (Wildman–Crippen LogP) is 3.55. The second-order valence-corrected chi connectivity index (χ2v) is 6.75. The number of guanidine groups is 1. The van der Waals surface area contributed by atoms with E-state index < -0.39 is 0 Å². The van der Waals surface area contributed by atoms with Crippen molar-refractivity contribution in [1.82, 2.24) is 10.2 Å². The summed E-state index contributed by atoms with van der Waals surface area (Å²) in [5.41, 5.74) is 1.24. The van der Waals surface area contributed by atoms with Crippen LogP contribution in [0.4, 0.5) is 0 Å². The van der Waals surface area contributed by atoms with Gasteiger partial charge in [0.2, 0.25) is 0 Å². The van der Waals surface area contributed by atoms with E-state index in [0.29, 0.717) is 0 Å². The van der Waals surface area contributed by atoms with Gasteiger partial charge in [-0.05, 0) is 42.7 Å². The molecule has 2 aliphatic rings. The van der Waals surface area contributed by atoms with Crippen molar-refractivity contribution in [3.63, 3.8) is 0 Å². The first-order valence-electron chi connectivity index (χ1n) is 8.89. The molecule has 24 heavy (non-hydrogen) atoms. The maximum absolute atomic E-state index is 5.42. The molecule has 2 unspecified atom stereocenters. The van der Waals surface area contributed by atoms with Crippen molar-refractivity contribution >= 4 is 29.9 Å². The molecule has 5 heteroatoms. The Hall–Kier alpha value is -0.980. The lowest BCUT2D eigenvalue weighted by molar-refractivity contribution is 0.299. The van der Waals surface area contributed by atoms with E-state index in [2.05, 4.69) is 27.3 Å². The Balaban J connectivity index is 0.00000208. The van der Waals surface area contributed by atoms with Crippen LogP contribution in [0.5, 0.6) is 5.75 Å². The maximum Gasteiger partial charge on any atom is 0.193 e. The normalized spacial score (nSPS) is 23.4. The Kier molecular flexibility index (Phi) is 7.65. The third kappa shape index (κ3) is 4.55. The Morgan fingerprint density at radius 2 is 1.88 bits per heavy atom.